The Morgan fingerprint density at radius 1 is 1.38 bits per heavy atom. The molecule has 1 aliphatic rings. The molecule has 0 bridgehead atoms. The number of allylic oxidation sites excluding steroid dienone is 4. The summed E-state index contributed by atoms with van der Waals surface area (Å²) >= 11 is 2.46. The van der Waals surface area contributed by atoms with Gasteiger partial charge in [-0.05, 0) is 70.4 Å². The summed E-state index contributed by atoms with van der Waals surface area (Å²) < 4.78 is 1.53. The molecule has 0 atom stereocenters. The normalized spacial score (nSPS) is 19.2. The van der Waals surface area contributed by atoms with Crippen molar-refractivity contribution in [1.82, 2.24) is 0 Å². The van der Waals surface area contributed by atoms with Crippen molar-refractivity contribution in [3.05, 3.63) is 21.3 Å². The van der Waals surface area contributed by atoms with Crippen LogP contribution in [0, 0.1) is 0 Å². The second-order valence-corrected chi connectivity index (χ2v) is 4.45. The van der Waals surface area contributed by atoms with Crippen LogP contribution in [0.5, 0.6) is 0 Å². The molecule has 0 aliphatic heterocycles. The van der Waals surface area contributed by atoms with E-state index in [1.54, 1.807) is 0 Å². The molecule has 0 aromatic rings. The molecule has 0 saturated heterocycles. The van der Waals surface area contributed by atoms with E-state index in [9.17, 15) is 0 Å². The first kappa shape index (κ1) is 11.0. The first-order chi connectivity index (χ1) is 6.34. The summed E-state index contributed by atoms with van der Waals surface area (Å²) in [6, 6.07) is 0. The number of hydrogen-bond donors (Lipinski definition) is 0. The SMILES string of the molecule is CCN=C/C=C\C1=C(I)CCCC1. The Morgan fingerprint density at radius 3 is 2.85 bits per heavy atom. The standard InChI is InChI=1S/C11H16IN/c1-2-13-9-5-7-10-6-3-4-8-11(10)12/h5,7,9H,2-4,6,8H2,1H3/b7-5-,13-9?. The fourth-order valence-electron chi connectivity index (χ4n) is 1.39. The van der Waals surface area contributed by atoms with Crippen molar-refractivity contribution >= 4 is 28.8 Å². The van der Waals surface area contributed by atoms with E-state index in [0.717, 1.165) is 6.54 Å². The topological polar surface area (TPSA) is 12.4 Å². The maximum Gasteiger partial charge on any atom is 0.0360 e. The molecule has 0 fully saturated rings. The van der Waals surface area contributed by atoms with Gasteiger partial charge in [-0.25, -0.2) is 0 Å². The number of nitrogens with zero attached hydrogens (tertiary/aromatic N) is 1. The van der Waals surface area contributed by atoms with Gasteiger partial charge in [0.25, 0.3) is 0 Å². The molecular weight excluding hydrogens is 273 g/mol. The van der Waals surface area contributed by atoms with E-state index in [0.29, 0.717) is 0 Å². The summed E-state index contributed by atoms with van der Waals surface area (Å²) in [6.45, 7) is 2.93. The van der Waals surface area contributed by atoms with Gasteiger partial charge >= 0.3 is 0 Å². The molecular formula is C11H16IN. The van der Waals surface area contributed by atoms with Gasteiger partial charge in [-0.15, -0.1) is 0 Å². The molecule has 0 unspecified atom stereocenters. The van der Waals surface area contributed by atoms with Crippen LogP contribution < -0.4 is 0 Å². The highest BCUT2D eigenvalue weighted by atomic mass is 127. The molecule has 72 valence electrons. The van der Waals surface area contributed by atoms with E-state index >= 15 is 0 Å². The van der Waals surface area contributed by atoms with E-state index in [4.69, 9.17) is 0 Å². The zero-order chi connectivity index (χ0) is 9.52. The lowest BCUT2D eigenvalue weighted by Gasteiger charge is -2.12. The Labute approximate surface area is 94.2 Å². The van der Waals surface area contributed by atoms with Crippen LogP contribution in [0.2, 0.25) is 0 Å². The number of aliphatic imine (C=N–C) groups is 1. The second-order valence-electron chi connectivity index (χ2n) is 3.14. The van der Waals surface area contributed by atoms with E-state index in [1.165, 1.54) is 34.8 Å². The summed E-state index contributed by atoms with van der Waals surface area (Å²) in [5, 5.41) is 0. The number of halogens is 1. The highest BCUT2D eigenvalue weighted by Crippen LogP contribution is 2.29. The van der Waals surface area contributed by atoms with Gasteiger partial charge in [0.15, 0.2) is 0 Å². The molecule has 0 radical (unpaired) electrons. The van der Waals surface area contributed by atoms with Crippen LogP contribution in [-0.4, -0.2) is 12.8 Å². The molecule has 1 rings (SSSR count). The van der Waals surface area contributed by atoms with Crippen LogP contribution in [0.4, 0.5) is 0 Å². The monoisotopic (exact) mass is 289 g/mol. The highest BCUT2D eigenvalue weighted by molar-refractivity contribution is 14.1. The smallest absolute Gasteiger partial charge is 0.0360 e. The van der Waals surface area contributed by atoms with Crippen LogP contribution in [0.3, 0.4) is 0 Å². The van der Waals surface area contributed by atoms with Crippen molar-refractivity contribution in [2.24, 2.45) is 4.99 Å². The lowest BCUT2D eigenvalue weighted by Crippen LogP contribution is -1.92. The molecule has 0 N–H and O–H groups in total. The molecule has 0 amide bonds. The Morgan fingerprint density at radius 2 is 2.15 bits per heavy atom. The number of rotatable bonds is 3. The second kappa shape index (κ2) is 6.35. The fraction of sp³-hybridized carbons (Fsp3) is 0.545. The molecule has 0 saturated carbocycles. The lowest BCUT2D eigenvalue weighted by molar-refractivity contribution is 0.709. The Bertz CT molecular complexity index is 238. The summed E-state index contributed by atoms with van der Waals surface area (Å²) in [7, 11) is 0. The molecule has 2 heteroatoms. The maximum absolute atomic E-state index is 4.14. The van der Waals surface area contributed by atoms with Gasteiger partial charge in [-0.3, -0.25) is 4.99 Å². The van der Waals surface area contributed by atoms with Crippen LogP contribution in [0.25, 0.3) is 0 Å². The largest absolute Gasteiger partial charge is 0.293 e. The van der Waals surface area contributed by atoms with Gasteiger partial charge in [0.2, 0.25) is 0 Å². The fourth-order valence-corrected chi connectivity index (χ4v) is 2.22. The highest BCUT2D eigenvalue weighted by Gasteiger charge is 2.06. The summed E-state index contributed by atoms with van der Waals surface area (Å²) in [5.41, 5.74) is 1.51. The minimum atomic E-state index is 0.875. The minimum Gasteiger partial charge on any atom is -0.293 e. The summed E-state index contributed by atoms with van der Waals surface area (Å²) in [5.74, 6) is 0. The van der Waals surface area contributed by atoms with Crippen LogP contribution in [-0.2, 0) is 0 Å². The van der Waals surface area contributed by atoms with Gasteiger partial charge in [-0.2, -0.15) is 0 Å². The lowest BCUT2D eigenvalue weighted by atomic mass is 9.99. The van der Waals surface area contributed by atoms with Crippen molar-refractivity contribution in [3.8, 4) is 0 Å². The summed E-state index contributed by atoms with van der Waals surface area (Å²) in [4.78, 5) is 4.14. The van der Waals surface area contributed by atoms with Gasteiger partial charge in [0.05, 0.1) is 0 Å². The van der Waals surface area contributed by atoms with Gasteiger partial charge in [0.1, 0.15) is 0 Å². The van der Waals surface area contributed by atoms with E-state index in [1.807, 2.05) is 13.1 Å². The van der Waals surface area contributed by atoms with Crippen LogP contribution >= 0.6 is 22.6 Å². The third-order valence-corrected chi connectivity index (χ3v) is 3.34. The van der Waals surface area contributed by atoms with Crippen LogP contribution in [0.15, 0.2) is 26.3 Å². The molecule has 0 heterocycles. The van der Waals surface area contributed by atoms with Crippen molar-refractivity contribution in [2.45, 2.75) is 32.6 Å². The van der Waals surface area contributed by atoms with Crippen molar-refractivity contribution in [2.75, 3.05) is 6.54 Å². The van der Waals surface area contributed by atoms with Gasteiger partial charge in [0, 0.05) is 12.8 Å². The first-order valence-corrected chi connectivity index (χ1v) is 5.96. The third kappa shape index (κ3) is 4.07. The quantitative estimate of drug-likeness (QED) is 0.552. The van der Waals surface area contributed by atoms with Crippen molar-refractivity contribution < 1.29 is 0 Å². The molecule has 0 aromatic carbocycles. The first-order valence-electron chi connectivity index (χ1n) is 4.88. The maximum atomic E-state index is 4.14. The Balaban J connectivity index is 2.51. The predicted octanol–water partition coefficient (Wildman–Crippen LogP) is 3.90. The Hall–Kier alpha value is -0.120. The zero-order valence-electron chi connectivity index (χ0n) is 8.09. The van der Waals surface area contributed by atoms with E-state index in [2.05, 4.69) is 39.7 Å². The summed E-state index contributed by atoms with van der Waals surface area (Å²) in [6.07, 6.45) is 11.4. The molecule has 0 aromatic heterocycles. The Kier molecular flexibility index (Phi) is 5.35. The predicted molar refractivity (Wildman–Crippen MR) is 67.7 cm³/mol. The van der Waals surface area contributed by atoms with Gasteiger partial charge in [-0.1, -0.05) is 6.08 Å². The van der Waals surface area contributed by atoms with Crippen molar-refractivity contribution in [3.63, 3.8) is 0 Å². The van der Waals surface area contributed by atoms with Crippen molar-refractivity contribution in [1.29, 1.82) is 0 Å². The van der Waals surface area contributed by atoms with Gasteiger partial charge < -0.3 is 0 Å². The van der Waals surface area contributed by atoms with E-state index < -0.39 is 0 Å². The number of hydrogen-bond acceptors (Lipinski definition) is 1. The molecule has 13 heavy (non-hydrogen) atoms. The third-order valence-electron chi connectivity index (χ3n) is 2.11. The molecule has 1 nitrogen and oxygen atoms in total. The minimum absolute atomic E-state index is 0.875. The molecule has 0 spiro atoms. The molecule has 1 aliphatic carbocycles. The average molecular weight is 289 g/mol. The zero-order valence-corrected chi connectivity index (χ0v) is 10.3. The average Bonchev–Trinajstić information content (AvgIpc) is 2.15. The van der Waals surface area contributed by atoms with E-state index in [-0.39, 0.29) is 0 Å². The van der Waals surface area contributed by atoms with Crippen LogP contribution in [0.1, 0.15) is 32.6 Å².